The van der Waals surface area contributed by atoms with Crippen molar-refractivity contribution in [2.45, 2.75) is 19.8 Å². The summed E-state index contributed by atoms with van der Waals surface area (Å²) < 4.78 is 4.93. The van der Waals surface area contributed by atoms with Gasteiger partial charge >= 0.3 is 5.97 Å². The summed E-state index contributed by atoms with van der Waals surface area (Å²) in [5, 5.41) is 0.298. The van der Waals surface area contributed by atoms with Crippen LogP contribution in [0.25, 0.3) is 0 Å². The molecule has 1 aromatic heterocycles. The predicted octanol–water partition coefficient (Wildman–Crippen LogP) is 2.04. The monoisotopic (exact) mass is 253 g/mol. The van der Waals surface area contributed by atoms with Crippen molar-refractivity contribution in [3.05, 3.63) is 28.5 Å². The number of esters is 1. The van der Waals surface area contributed by atoms with E-state index in [-0.39, 0.29) is 18.2 Å². The van der Waals surface area contributed by atoms with Crippen LogP contribution in [0.3, 0.4) is 0 Å². The number of ether oxygens (including phenoxy) is 1. The molecule has 1 aliphatic rings. The molecule has 1 unspecified atom stereocenters. The van der Waals surface area contributed by atoms with Gasteiger partial charge in [-0.15, -0.1) is 0 Å². The lowest BCUT2D eigenvalue weighted by molar-refractivity contribution is -0.148. The molecular formula is C12H12ClNO3. The van der Waals surface area contributed by atoms with E-state index in [1.165, 1.54) is 0 Å². The average molecular weight is 254 g/mol. The van der Waals surface area contributed by atoms with Crippen molar-refractivity contribution < 1.29 is 14.3 Å². The highest BCUT2D eigenvalue weighted by Gasteiger charge is 2.31. The van der Waals surface area contributed by atoms with Crippen molar-refractivity contribution in [2.75, 3.05) is 6.61 Å². The lowest BCUT2D eigenvalue weighted by Gasteiger charge is -2.21. The van der Waals surface area contributed by atoms with Crippen molar-refractivity contribution >= 4 is 23.4 Å². The summed E-state index contributed by atoms with van der Waals surface area (Å²) in [6.45, 7) is 2.08. The van der Waals surface area contributed by atoms with E-state index in [1.807, 2.05) is 0 Å². The zero-order valence-corrected chi connectivity index (χ0v) is 10.2. The minimum Gasteiger partial charge on any atom is -0.466 e. The fourth-order valence-electron chi connectivity index (χ4n) is 1.96. The first-order valence-corrected chi connectivity index (χ1v) is 5.85. The van der Waals surface area contributed by atoms with Gasteiger partial charge in [0.1, 0.15) is 10.8 Å². The van der Waals surface area contributed by atoms with Crippen molar-refractivity contribution in [1.82, 2.24) is 4.98 Å². The highest BCUT2D eigenvalue weighted by atomic mass is 35.5. The van der Waals surface area contributed by atoms with Gasteiger partial charge in [0.25, 0.3) is 0 Å². The van der Waals surface area contributed by atoms with Gasteiger partial charge in [0, 0.05) is 6.42 Å². The summed E-state index contributed by atoms with van der Waals surface area (Å²) in [6.07, 6.45) is 0.642. The third kappa shape index (κ3) is 2.47. The average Bonchev–Trinajstić information content (AvgIpc) is 2.30. The molecule has 5 heteroatoms. The maximum atomic E-state index is 11.8. The maximum absolute atomic E-state index is 11.8. The van der Waals surface area contributed by atoms with Crippen molar-refractivity contribution in [1.29, 1.82) is 0 Å². The van der Waals surface area contributed by atoms with Crippen molar-refractivity contribution in [3.8, 4) is 0 Å². The molecule has 0 radical (unpaired) electrons. The van der Waals surface area contributed by atoms with Crippen LogP contribution < -0.4 is 0 Å². The van der Waals surface area contributed by atoms with Gasteiger partial charge < -0.3 is 4.74 Å². The topological polar surface area (TPSA) is 56.3 Å². The fourth-order valence-corrected chi connectivity index (χ4v) is 2.10. The highest BCUT2D eigenvalue weighted by Crippen LogP contribution is 2.26. The summed E-state index contributed by atoms with van der Waals surface area (Å²) in [7, 11) is 0. The minimum atomic E-state index is -0.391. The minimum absolute atomic E-state index is 0.146. The van der Waals surface area contributed by atoms with Gasteiger partial charge in [-0.1, -0.05) is 17.7 Å². The van der Waals surface area contributed by atoms with E-state index in [1.54, 1.807) is 19.1 Å². The Balaban J connectivity index is 2.25. The Morgan fingerprint density at radius 3 is 3.00 bits per heavy atom. The Hall–Kier alpha value is -1.42. The number of halogens is 1. The van der Waals surface area contributed by atoms with Crippen molar-refractivity contribution in [2.24, 2.45) is 5.92 Å². The van der Waals surface area contributed by atoms with Crippen LogP contribution in [0.5, 0.6) is 0 Å². The molecule has 4 nitrogen and oxygen atoms in total. The number of hydrogen-bond acceptors (Lipinski definition) is 4. The lowest BCUT2D eigenvalue weighted by atomic mass is 9.86. The fraction of sp³-hybridized carbons (Fsp3) is 0.417. The smallest absolute Gasteiger partial charge is 0.309 e. The van der Waals surface area contributed by atoms with E-state index < -0.39 is 5.92 Å². The van der Waals surface area contributed by atoms with Gasteiger partial charge in [0.05, 0.1) is 12.5 Å². The van der Waals surface area contributed by atoms with Crippen LogP contribution in [0, 0.1) is 5.92 Å². The molecule has 0 aliphatic heterocycles. The Bertz CT molecular complexity index is 473. The number of carbonyl (C=O) groups is 2. The second kappa shape index (κ2) is 4.84. The first-order valence-electron chi connectivity index (χ1n) is 5.47. The zero-order valence-electron chi connectivity index (χ0n) is 9.40. The van der Waals surface area contributed by atoms with Crippen LogP contribution in [-0.2, 0) is 16.0 Å². The second-order valence-corrected chi connectivity index (χ2v) is 4.31. The Morgan fingerprint density at radius 1 is 1.53 bits per heavy atom. The molecule has 2 rings (SSSR count). The maximum Gasteiger partial charge on any atom is 0.309 e. The van der Waals surface area contributed by atoms with Crippen LogP contribution in [0.1, 0.15) is 29.4 Å². The molecule has 0 aromatic carbocycles. The van der Waals surface area contributed by atoms with E-state index >= 15 is 0 Å². The molecular weight excluding hydrogens is 242 g/mol. The van der Waals surface area contributed by atoms with E-state index in [4.69, 9.17) is 16.3 Å². The van der Waals surface area contributed by atoms with Crippen molar-refractivity contribution in [3.63, 3.8) is 0 Å². The SMILES string of the molecule is CCOC(=O)C1CC(=O)c2nc(Cl)ccc2C1. The molecule has 1 aromatic rings. The number of fused-ring (bicyclic) bond motifs is 1. The number of nitrogens with zero attached hydrogens (tertiary/aromatic N) is 1. The molecule has 0 fully saturated rings. The number of carbonyl (C=O) groups excluding carboxylic acids is 2. The lowest BCUT2D eigenvalue weighted by Crippen LogP contribution is -2.28. The zero-order chi connectivity index (χ0) is 12.4. The first kappa shape index (κ1) is 12.0. The summed E-state index contributed by atoms with van der Waals surface area (Å²) in [5.41, 5.74) is 1.15. The van der Waals surface area contributed by atoms with Gasteiger partial charge in [-0.25, -0.2) is 4.98 Å². The molecule has 0 spiro atoms. The summed E-state index contributed by atoms with van der Waals surface area (Å²) in [5.74, 6) is -0.855. The van der Waals surface area contributed by atoms with E-state index in [0.29, 0.717) is 23.9 Å². The molecule has 0 N–H and O–H groups in total. The summed E-state index contributed by atoms with van der Waals surface area (Å²) in [6, 6.07) is 3.37. The molecule has 1 atom stereocenters. The Labute approximate surface area is 104 Å². The van der Waals surface area contributed by atoms with Crippen LogP contribution in [0.15, 0.2) is 12.1 Å². The third-order valence-corrected chi connectivity index (χ3v) is 2.94. The molecule has 17 heavy (non-hydrogen) atoms. The largest absolute Gasteiger partial charge is 0.466 e. The predicted molar refractivity (Wildman–Crippen MR) is 62.0 cm³/mol. The second-order valence-electron chi connectivity index (χ2n) is 3.92. The molecule has 1 heterocycles. The van der Waals surface area contributed by atoms with Gasteiger partial charge in [0.2, 0.25) is 0 Å². The summed E-state index contributed by atoms with van der Waals surface area (Å²) in [4.78, 5) is 27.4. The van der Waals surface area contributed by atoms with E-state index in [9.17, 15) is 9.59 Å². The number of aromatic nitrogens is 1. The van der Waals surface area contributed by atoms with Crippen LogP contribution in [0.2, 0.25) is 5.15 Å². The van der Waals surface area contributed by atoms with E-state index in [0.717, 1.165) is 5.56 Å². The quantitative estimate of drug-likeness (QED) is 0.598. The Kier molecular flexibility index (Phi) is 3.43. The number of ketones is 1. The van der Waals surface area contributed by atoms with Gasteiger partial charge in [0.15, 0.2) is 5.78 Å². The van der Waals surface area contributed by atoms with E-state index in [2.05, 4.69) is 4.98 Å². The summed E-state index contributed by atoms with van der Waals surface area (Å²) >= 11 is 5.74. The van der Waals surface area contributed by atoms with Crippen LogP contribution in [-0.4, -0.2) is 23.3 Å². The first-order chi connectivity index (χ1) is 8.11. The standard InChI is InChI=1S/C12H12ClNO3/c1-2-17-12(16)8-5-7-3-4-10(13)14-11(7)9(15)6-8/h3-4,8H,2,5-6H2,1H3. The third-order valence-electron chi connectivity index (χ3n) is 2.73. The molecule has 1 aliphatic carbocycles. The highest BCUT2D eigenvalue weighted by molar-refractivity contribution is 6.29. The van der Waals surface area contributed by atoms with Crippen LogP contribution >= 0.6 is 11.6 Å². The molecule has 0 saturated carbocycles. The normalized spacial score (nSPS) is 18.7. The number of hydrogen-bond donors (Lipinski definition) is 0. The number of rotatable bonds is 2. The molecule has 0 amide bonds. The van der Waals surface area contributed by atoms with Crippen LogP contribution in [0.4, 0.5) is 0 Å². The molecule has 0 bridgehead atoms. The van der Waals surface area contributed by atoms with Gasteiger partial charge in [-0.3, -0.25) is 9.59 Å². The number of pyridine rings is 1. The molecule has 90 valence electrons. The number of Topliss-reactive ketones (excluding diaryl/α,β-unsaturated/α-hetero) is 1. The van der Waals surface area contributed by atoms with Gasteiger partial charge in [-0.05, 0) is 25.0 Å². The molecule has 0 saturated heterocycles. The van der Waals surface area contributed by atoms with Gasteiger partial charge in [-0.2, -0.15) is 0 Å². The Morgan fingerprint density at radius 2 is 2.29 bits per heavy atom.